The van der Waals surface area contributed by atoms with Gasteiger partial charge in [-0.1, -0.05) is 29.8 Å². The van der Waals surface area contributed by atoms with Crippen LogP contribution in [0, 0.1) is 6.92 Å². The van der Waals surface area contributed by atoms with E-state index in [4.69, 9.17) is 4.98 Å². The van der Waals surface area contributed by atoms with Crippen molar-refractivity contribution in [2.45, 2.75) is 13.5 Å². The summed E-state index contributed by atoms with van der Waals surface area (Å²) in [6, 6.07) is 16.3. The van der Waals surface area contributed by atoms with Gasteiger partial charge in [0.2, 0.25) is 0 Å². The molecule has 24 heavy (non-hydrogen) atoms. The average Bonchev–Trinajstić information content (AvgIpc) is 3.10. The minimum Gasteiger partial charge on any atom is -0.366 e. The number of benzene rings is 1. The number of hydrogen-bond donors (Lipinski definition) is 1. The maximum atomic E-state index is 4.70. The lowest BCUT2D eigenvalue weighted by Crippen LogP contribution is -2.06. The van der Waals surface area contributed by atoms with Crippen molar-refractivity contribution in [3.05, 3.63) is 78.2 Å². The summed E-state index contributed by atoms with van der Waals surface area (Å²) in [5.41, 5.74) is 5.25. The molecule has 0 aliphatic rings. The quantitative estimate of drug-likeness (QED) is 0.624. The van der Waals surface area contributed by atoms with E-state index < -0.39 is 0 Å². The zero-order valence-corrected chi connectivity index (χ0v) is 13.3. The number of pyridine rings is 1. The lowest BCUT2D eigenvalue weighted by Gasteiger charge is -2.11. The summed E-state index contributed by atoms with van der Waals surface area (Å²) in [7, 11) is 0. The van der Waals surface area contributed by atoms with Crippen molar-refractivity contribution in [2.24, 2.45) is 0 Å². The maximum absolute atomic E-state index is 4.70. The summed E-state index contributed by atoms with van der Waals surface area (Å²) in [5, 5.41) is 7.80. The van der Waals surface area contributed by atoms with Crippen LogP contribution < -0.4 is 5.32 Å². The Morgan fingerprint density at radius 1 is 0.958 bits per heavy atom. The van der Waals surface area contributed by atoms with Gasteiger partial charge >= 0.3 is 0 Å². The third-order valence-corrected chi connectivity index (χ3v) is 3.93. The van der Waals surface area contributed by atoms with Crippen molar-refractivity contribution >= 4 is 11.5 Å². The Labute approximate surface area is 140 Å². The smallest absolute Gasteiger partial charge is 0.157 e. The Balaban J connectivity index is 1.71. The highest BCUT2D eigenvalue weighted by molar-refractivity contribution is 5.66. The first-order valence-corrected chi connectivity index (χ1v) is 7.84. The number of nitrogens with zero attached hydrogens (tertiary/aromatic N) is 4. The van der Waals surface area contributed by atoms with Crippen molar-refractivity contribution in [1.29, 1.82) is 0 Å². The Morgan fingerprint density at radius 2 is 1.75 bits per heavy atom. The molecule has 4 aromatic rings. The SMILES string of the molecule is Cc1ccc(-c2cc(NCc3ccncc3)n3nccc3n2)cc1. The molecule has 0 unspecified atom stereocenters. The van der Waals surface area contributed by atoms with Crippen LogP contribution in [0.1, 0.15) is 11.1 Å². The van der Waals surface area contributed by atoms with Crippen molar-refractivity contribution in [2.75, 3.05) is 5.32 Å². The molecule has 3 heterocycles. The van der Waals surface area contributed by atoms with Gasteiger partial charge in [-0.05, 0) is 24.6 Å². The zero-order chi connectivity index (χ0) is 16.4. The average molecular weight is 315 g/mol. The standard InChI is InChI=1S/C19H17N5/c1-14-2-4-16(5-3-14)17-12-19(24-18(23-17)8-11-22-24)21-13-15-6-9-20-10-7-15/h2-12,21H,13H2,1H3. The molecule has 0 aliphatic heterocycles. The van der Waals surface area contributed by atoms with Crippen molar-refractivity contribution in [3.63, 3.8) is 0 Å². The first kappa shape index (κ1) is 14.4. The minimum absolute atomic E-state index is 0.703. The van der Waals surface area contributed by atoms with Crippen LogP contribution in [0.15, 0.2) is 67.1 Å². The fourth-order valence-electron chi connectivity index (χ4n) is 2.60. The fraction of sp³-hybridized carbons (Fsp3) is 0.105. The molecule has 1 N–H and O–H groups in total. The van der Waals surface area contributed by atoms with E-state index in [0.717, 1.165) is 22.7 Å². The third kappa shape index (κ3) is 2.84. The number of hydrogen-bond acceptors (Lipinski definition) is 4. The molecular formula is C19H17N5. The van der Waals surface area contributed by atoms with Crippen LogP contribution in [0.2, 0.25) is 0 Å². The molecule has 5 heteroatoms. The van der Waals surface area contributed by atoms with E-state index in [1.165, 1.54) is 11.1 Å². The highest BCUT2D eigenvalue weighted by atomic mass is 15.3. The second-order valence-corrected chi connectivity index (χ2v) is 5.70. The maximum Gasteiger partial charge on any atom is 0.157 e. The zero-order valence-electron chi connectivity index (χ0n) is 13.3. The number of rotatable bonds is 4. The number of fused-ring (bicyclic) bond motifs is 1. The van der Waals surface area contributed by atoms with Gasteiger partial charge in [-0.2, -0.15) is 9.61 Å². The highest BCUT2D eigenvalue weighted by Crippen LogP contribution is 2.23. The van der Waals surface area contributed by atoms with Gasteiger partial charge in [-0.3, -0.25) is 4.98 Å². The molecule has 0 saturated carbocycles. The number of anilines is 1. The molecule has 0 spiro atoms. The largest absolute Gasteiger partial charge is 0.366 e. The van der Waals surface area contributed by atoms with Gasteiger partial charge in [0.05, 0.1) is 11.9 Å². The molecule has 0 aliphatic carbocycles. The van der Waals surface area contributed by atoms with Crippen LogP contribution in [-0.2, 0) is 6.54 Å². The number of nitrogens with one attached hydrogen (secondary N) is 1. The van der Waals surface area contributed by atoms with Gasteiger partial charge in [0.25, 0.3) is 0 Å². The van der Waals surface area contributed by atoms with Crippen LogP contribution >= 0.6 is 0 Å². The van der Waals surface area contributed by atoms with Gasteiger partial charge < -0.3 is 5.32 Å². The Hall–Kier alpha value is -3.21. The molecule has 0 bridgehead atoms. The van der Waals surface area contributed by atoms with Crippen LogP contribution in [0.5, 0.6) is 0 Å². The van der Waals surface area contributed by atoms with E-state index in [9.17, 15) is 0 Å². The predicted molar refractivity (Wildman–Crippen MR) is 94.7 cm³/mol. The molecule has 1 aromatic carbocycles. The van der Waals surface area contributed by atoms with E-state index >= 15 is 0 Å². The van der Waals surface area contributed by atoms with Gasteiger partial charge in [0.1, 0.15) is 5.82 Å². The Bertz CT molecular complexity index is 958. The summed E-state index contributed by atoms with van der Waals surface area (Å²) in [6.07, 6.45) is 5.36. The molecule has 0 radical (unpaired) electrons. The first-order chi connectivity index (χ1) is 11.8. The van der Waals surface area contributed by atoms with Gasteiger partial charge in [-0.25, -0.2) is 4.98 Å². The van der Waals surface area contributed by atoms with Gasteiger partial charge in [-0.15, -0.1) is 0 Å². The molecule has 3 aromatic heterocycles. The molecule has 0 atom stereocenters. The molecular weight excluding hydrogens is 298 g/mol. The first-order valence-electron chi connectivity index (χ1n) is 7.84. The molecule has 118 valence electrons. The van der Waals surface area contributed by atoms with Crippen LogP contribution in [0.25, 0.3) is 16.9 Å². The Kier molecular flexibility index (Phi) is 3.67. The second kappa shape index (κ2) is 6.12. The Morgan fingerprint density at radius 3 is 2.54 bits per heavy atom. The van der Waals surface area contributed by atoms with Gasteiger partial charge in [0.15, 0.2) is 5.65 Å². The second-order valence-electron chi connectivity index (χ2n) is 5.70. The molecule has 0 saturated heterocycles. The van der Waals surface area contributed by atoms with E-state index in [-0.39, 0.29) is 0 Å². The fourth-order valence-corrected chi connectivity index (χ4v) is 2.60. The van der Waals surface area contributed by atoms with E-state index in [1.54, 1.807) is 18.6 Å². The lowest BCUT2D eigenvalue weighted by molar-refractivity contribution is 0.926. The molecule has 5 nitrogen and oxygen atoms in total. The van der Waals surface area contributed by atoms with Crippen molar-refractivity contribution < 1.29 is 0 Å². The monoisotopic (exact) mass is 315 g/mol. The summed E-state index contributed by atoms with van der Waals surface area (Å²) >= 11 is 0. The summed E-state index contributed by atoms with van der Waals surface area (Å²) in [5.74, 6) is 0.914. The predicted octanol–water partition coefficient (Wildman–Crippen LogP) is 3.71. The lowest BCUT2D eigenvalue weighted by atomic mass is 10.1. The molecule has 0 amide bonds. The van der Waals surface area contributed by atoms with Crippen LogP contribution in [0.3, 0.4) is 0 Å². The molecule has 4 rings (SSSR count). The topological polar surface area (TPSA) is 55.1 Å². The minimum atomic E-state index is 0.703. The molecule has 0 fully saturated rings. The van der Waals surface area contributed by atoms with Crippen molar-refractivity contribution in [1.82, 2.24) is 19.6 Å². The highest BCUT2D eigenvalue weighted by Gasteiger charge is 2.08. The summed E-state index contributed by atoms with van der Waals surface area (Å²) in [6.45, 7) is 2.79. The van der Waals surface area contributed by atoms with Crippen LogP contribution in [0.4, 0.5) is 5.82 Å². The van der Waals surface area contributed by atoms with Gasteiger partial charge in [0, 0.05) is 36.6 Å². The normalized spacial score (nSPS) is 10.9. The summed E-state index contributed by atoms with van der Waals surface area (Å²) < 4.78 is 1.82. The third-order valence-electron chi connectivity index (χ3n) is 3.93. The number of aromatic nitrogens is 4. The van der Waals surface area contributed by atoms with E-state index in [2.05, 4.69) is 46.6 Å². The van der Waals surface area contributed by atoms with E-state index in [1.807, 2.05) is 28.8 Å². The van der Waals surface area contributed by atoms with Crippen LogP contribution in [-0.4, -0.2) is 19.6 Å². The van der Waals surface area contributed by atoms with E-state index in [0.29, 0.717) is 6.54 Å². The summed E-state index contributed by atoms with van der Waals surface area (Å²) in [4.78, 5) is 8.75. The van der Waals surface area contributed by atoms with Crippen molar-refractivity contribution in [3.8, 4) is 11.3 Å². The number of aryl methyl sites for hydroxylation is 1.